The van der Waals surface area contributed by atoms with Crippen LogP contribution in [0.15, 0.2) is 22.4 Å². The lowest BCUT2D eigenvalue weighted by Crippen LogP contribution is -2.36. The molecule has 0 rings (SSSR count). The molecule has 1 amide bonds. The van der Waals surface area contributed by atoms with Crippen molar-refractivity contribution in [2.45, 2.75) is 53.1 Å². The van der Waals surface area contributed by atoms with Crippen LogP contribution in [0.4, 0.5) is 4.79 Å². The fourth-order valence-electron chi connectivity index (χ4n) is 1.10. The summed E-state index contributed by atoms with van der Waals surface area (Å²) in [6.45, 7) is 13.1. The van der Waals surface area contributed by atoms with Crippen molar-refractivity contribution >= 4 is 18.5 Å². The SMILES string of the molecule is C=C(CCN(O/N=C/C)C(=O)OC(C)(C)C)N=CCC. The zero-order valence-corrected chi connectivity index (χ0v) is 13.0. The highest BCUT2D eigenvalue weighted by molar-refractivity contribution is 5.67. The Labute approximate surface area is 121 Å². The monoisotopic (exact) mass is 283 g/mol. The third-order valence-electron chi connectivity index (χ3n) is 1.91. The molecule has 0 spiro atoms. The molecule has 6 nitrogen and oxygen atoms in total. The molecular weight excluding hydrogens is 258 g/mol. The van der Waals surface area contributed by atoms with E-state index >= 15 is 0 Å². The van der Waals surface area contributed by atoms with Crippen LogP contribution >= 0.6 is 0 Å². The Morgan fingerprint density at radius 3 is 2.55 bits per heavy atom. The summed E-state index contributed by atoms with van der Waals surface area (Å²) in [4.78, 5) is 21.1. The molecule has 0 saturated carbocycles. The van der Waals surface area contributed by atoms with Gasteiger partial charge in [-0.15, -0.1) is 5.06 Å². The Bertz CT molecular complexity index is 370. The van der Waals surface area contributed by atoms with Gasteiger partial charge in [-0.05, 0) is 34.1 Å². The second kappa shape index (κ2) is 9.12. The molecule has 0 N–H and O–H groups in total. The second-order valence-corrected chi connectivity index (χ2v) is 5.06. The van der Waals surface area contributed by atoms with Crippen LogP contribution < -0.4 is 0 Å². The lowest BCUT2D eigenvalue weighted by molar-refractivity contribution is -0.145. The van der Waals surface area contributed by atoms with E-state index in [-0.39, 0.29) is 6.54 Å². The number of hydrogen-bond acceptors (Lipinski definition) is 5. The van der Waals surface area contributed by atoms with E-state index < -0.39 is 11.7 Å². The molecule has 0 aliphatic rings. The van der Waals surface area contributed by atoms with Gasteiger partial charge < -0.3 is 4.74 Å². The Morgan fingerprint density at radius 1 is 1.40 bits per heavy atom. The second-order valence-electron chi connectivity index (χ2n) is 5.06. The molecule has 0 fully saturated rings. The van der Waals surface area contributed by atoms with Crippen LogP contribution in [0.25, 0.3) is 0 Å². The first-order valence-electron chi connectivity index (χ1n) is 6.66. The number of rotatable bonds is 7. The van der Waals surface area contributed by atoms with Crippen molar-refractivity contribution in [3.8, 4) is 0 Å². The molecule has 0 atom stereocenters. The predicted octanol–water partition coefficient (Wildman–Crippen LogP) is 3.55. The fourth-order valence-corrected chi connectivity index (χ4v) is 1.10. The summed E-state index contributed by atoms with van der Waals surface area (Å²) in [6, 6.07) is 0. The van der Waals surface area contributed by atoms with E-state index in [1.54, 1.807) is 33.9 Å². The van der Waals surface area contributed by atoms with Crippen molar-refractivity contribution in [1.29, 1.82) is 0 Å². The van der Waals surface area contributed by atoms with Crippen molar-refractivity contribution in [3.05, 3.63) is 12.3 Å². The largest absolute Gasteiger partial charge is 0.445 e. The molecule has 6 heteroatoms. The maximum Gasteiger partial charge on any atom is 0.445 e. The third kappa shape index (κ3) is 9.13. The normalized spacial score (nSPS) is 11.8. The van der Waals surface area contributed by atoms with Crippen LogP contribution in [0.3, 0.4) is 0 Å². The third-order valence-corrected chi connectivity index (χ3v) is 1.91. The number of ether oxygens (including phenoxy) is 1. The molecule has 0 aliphatic carbocycles. The number of carbonyl (C=O) groups is 1. The lowest BCUT2D eigenvalue weighted by atomic mass is 10.2. The highest BCUT2D eigenvalue weighted by Crippen LogP contribution is 2.12. The molecule has 0 saturated heterocycles. The van der Waals surface area contributed by atoms with Gasteiger partial charge in [-0.3, -0.25) is 9.93 Å². The van der Waals surface area contributed by atoms with E-state index in [0.29, 0.717) is 12.1 Å². The summed E-state index contributed by atoms with van der Waals surface area (Å²) in [5.74, 6) is 0. The van der Waals surface area contributed by atoms with Gasteiger partial charge in [-0.2, -0.15) is 0 Å². The molecular formula is C14H25N3O3. The van der Waals surface area contributed by atoms with E-state index in [9.17, 15) is 4.79 Å². The molecule has 0 aromatic carbocycles. The minimum Gasteiger partial charge on any atom is -0.442 e. The number of aliphatic imine (C=N–C) groups is 1. The van der Waals surface area contributed by atoms with Gasteiger partial charge in [-0.25, -0.2) is 4.79 Å². The fraction of sp³-hybridized carbons (Fsp3) is 0.643. The minimum atomic E-state index is -0.591. The average molecular weight is 283 g/mol. The van der Waals surface area contributed by atoms with Crippen LogP contribution in [0.5, 0.6) is 0 Å². The highest BCUT2D eigenvalue weighted by Gasteiger charge is 2.23. The van der Waals surface area contributed by atoms with E-state index in [1.807, 2.05) is 6.92 Å². The van der Waals surface area contributed by atoms with E-state index in [0.717, 1.165) is 11.5 Å². The summed E-state index contributed by atoms with van der Waals surface area (Å²) in [5, 5.41) is 4.65. The average Bonchev–Trinajstić information content (AvgIpc) is 2.34. The van der Waals surface area contributed by atoms with Crippen LogP contribution in [0.1, 0.15) is 47.5 Å². The first kappa shape index (κ1) is 18.1. The lowest BCUT2D eigenvalue weighted by Gasteiger charge is -2.24. The zero-order valence-electron chi connectivity index (χ0n) is 13.0. The first-order chi connectivity index (χ1) is 9.30. The van der Waals surface area contributed by atoms with Gasteiger partial charge in [0.25, 0.3) is 0 Å². The highest BCUT2D eigenvalue weighted by atomic mass is 16.8. The number of hydroxylamine groups is 2. The summed E-state index contributed by atoms with van der Waals surface area (Å²) in [7, 11) is 0. The summed E-state index contributed by atoms with van der Waals surface area (Å²) >= 11 is 0. The molecule has 0 unspecified atom stereocenters. The van der Waals surface area contributed by atoms with Crippen LogP contribution in [-0.2, 0) is 9.68 Å². The standard InChI is InChI=1S/C14H25N3O3/c1-7-10-15-12(3)9-11-17(20-16-8-2)13(18)19-14(4,5)6/h8,10H,3,7,9,11H2,1-2,4-6H3/b15-10?,16-8+. The number of oxime groups is 1. The van der Waals surface area contributed by atoms with Crippen molar-refractivity contribution in [2.24, 2.45) is 10.1 Å². The number of carbonyl (C=O) groups excluding carboxylic acids is 1. The van der Waals surface area contributed by atoms with E-state index in [2.05, 4.69) is 16.7 Å². The first-order valence-corrected chi connectivity index (χ1v) is 6.66. The Kier molecular flexibility index (Phi) is 8.27. The zero-order chi connectivity index (χ0) is 15.6. The molecule has 20 heavy (non-hydrogen) atoms. The molecule has 0 bridgehead atoms. The van der Waals surface area contributed by atoms with E-state index in [1.165, 1.54) is 6.21 Å². The Balaban J connectivity index is 4.52. The van der Waals surface area contributed by atoms with Gasteiger partial charge in [0.2, 0.25) is 0 Å². The molecule has 0 aliphatic heterocycles. The summed E-state index contributed by atoms with van der Waals surface area (Å²) < 4.78 is 5.23. The Hall–Kier alpha value is -1.85. The van der Waals surface area contributed by atoms with Crippen LogP contribution in [0.2, 0.25) is 0 Å². The maximum atomic E-state index is 11.9. The smallest absolute Gasteiger partial charge is 0.442 e. The maximum absolute atomic E-state index is 11.9. The van der Waals surface area contributed by atoms with Gasteiger partial charge in [-0.1, -0.05) is 18.7 Å². The van der Waals surface area contributed by atoms with Crippen molar-refractivity contribution in [2.75, 3.05) is 6.54 Å². The van der Waals surface area contributed by atoms with Crippen molar-refractivity contribution < 1.29 is 14.5 Å². The molecule has 0 aromatic heterocycles. The minimum absolute atomic E-state index is 0.270. The van der Waals surface area contributed by atoms with Crippen LogP contribution in [-0.4, -0.2) is 35.7 Å². The number of hydrogen-bond donors (Lipinski definition) is 0. The number of amides is 1. The van der Waals surface area contributed by atoms with Gasteiger partial charge in [0.15, 0.2) is 0 Å². The Morgan fingerprint density at radius 2 is 2.05 bits per heavy atom. The molecule has 0 aromatic rings. The van der Waals surface area contributed by atoms with Crippen molar-refractivity contribution in [1.82, 2.24) is 5.06 Å². The van der Waals surface area contributed by atoms with Crippen molar-refractivity contribution in [3.63, 3.8) is 0 Å². The van der Waals surface area contributed by atoms with Gasteiger partial charge >= 0.3 is 6.09 Å². The summed E-state index contributed by atoms with van der Waals surface area (Å²) in [6.07, 6.45) is 3.95. The summed E-state index contributed by atoms with van der Waals surface area (Å²) in [5.41, 5.74) is 0.0795. The van der Waals surface area contributed by atoms with Crippen LogP contribution in [0, 0.1) is 0 Å². The quantitative estimate of drug-likeness (QED) is 0.530. The van der Waals surface area contributed by atoms with Gasteiger partial charge in [0.05, 0.1) is 6.54 Å². The topological polar surface area (TPSA) is 63.5 Å². The molecule has 0 heterocycles. The molecule has 114 valence electrons. The molecule has 0 radical (unpaired) electrons. The van der Waals surface area contributed by atoms with Gasteiger partial charge in [0.1, 0.15) is 5.60 Å². The van der Waals surface area contributed by atoms with Gasteiger partial charge in [0, 0.05) is 24.5 Å². The predicted molar refractivity (Wildman–Crippen MR) is 80.7 cm³/mol. The van der Waals surface area contributed by atoms with E-state index in [4.69, 9.17) is 9.68 Å². The number of nitrogens with zero attached hydrogens (tertiary/aromatic N) is 3.